The summed E-state index contributed by atoms with van der Waals surface area (Å²) in [4.78, 5) is 39.8. The third-order valence-corrected chi connectivity index (χ3v) is 8.49. The molecule has 11 heteroatoms. The van der Waals surface area contributed by atoms with Crippen LogP contribution in [0.4, 0.5) is 22.0 Å². The van der Waals surface area contributed by atoms with Gasteiger partial charge in [0, 0.05) is 29.7 Å². The molecule has 9 nitrogen and oxygen atoms in total. The van der Waals surface area contributed by atoms with Gasteiger partial charge in [0.15, 0.2) is 0 Å². The van der Waals surface area contributed by atoms with Crippen molar-refractivity contribution in [3.63, 3.8) is 0 Å². The number of carbonyl (C=O) groups is 1. The number of amides is 1. The number of nitrogens with zero attached hydrogens (tertiary/aromatic N) is 3. The van der Waals surface area contributed by atoms with Gasteiger partial charge in [-0.3, -0.25) is 9.69 Å². The lowest BCUT2D eigenvalue weighted by atomic mass is 9.94. The Balaban J connectivity index is 1.20. The summed E-state index contributed by atoms with van der Waals surface area (Å²) >= 11 is 2.80. The predicted octanol–water partition coefficient (Wildman–Crippen LogP) is 5.48. The number of aromatic amines is 1. The summed E-state index contributed by atoms with van der Waals surface area (Å²) in [6.07, 6.45) is 3.09. The lowest BCUT2D eigenvalue weighted by Gasteiger charge is -2.25. The summed E-state index contributed by atoms with van der Waals surface area (Å²) < 4.78 is 11.9. The van der Waals surface area contributed by atoms with Crippen molar-refractivity contribution in [2.75, 3.05) is 24.4 Å². The van der Waals surface area contributed by atoms with Gasteiger partial charge in [0.2, 0.25) is 0 Å². The highest BCUT2D eigenvalue weighted by Crippen LogP contribution is 2.40. The topological polar surface area (TPSA) is 109 Å². The molecule has 1 atom stereocenters. The standard InChI is InChI=1S/C26H23N5O4S2/c1-31(15-4-6-16(34-2)7-5-15)26(33)35-17-8-9-18-20(12-17)36-24-22(18)23(27-13-28-24)29-14-3-10-19-21(11-14)37-25(32)30-19/h3-7,10-11,13,17H,8-9,12H2,1-2H3,(H,30,32)(H,27,28,29). The monoisotopic (exact) mass is 533 g/mol. The number of thiophene rings is 1. The molecule has 3 aromatic heterocycles. The van der Waals surface area contributed by atoms with Crippen molar-refractivity contribution in [1.82, 2.24) is 15.0 Å². The fourth-order valence-corrected chi connectivity index (χ4v) is 6.60. The Bertz CT molecular complexity index is 1670. The molecular weight excluding hydrogens is 510 g/mol. The Kier molecular flexibility index (Phi) is 6.01. The predicted molar refractivity (Wildman–Crippen MR) is 147 cm³/mol. The number of hydrogen-bond acceptors (Lipinski definition) is 9. The molecule has 0 aliphatic heterocycles. The van der Waals surface area contributed by atoms with Crippen molar-refractivity contribution in [1.29, 1.82) is 0 Å². The molecule has 1 amide bonds. The molecule has 6 rings (SSSR count). The van der Waals surface area contributed by atoms with Crippen LogP contribution >= 0.6 is 22.7 Å². The molecule has 5 aromatic rings. The number of H-pyrrole nitrogens is 1. The zero-order valence-electron chi connectivity index (χ0n) is 20.1. The van der Waals surface area contributed by atoms with E-state index in [9.17, 15) is 9.59 Å². The SMILES string of the molecule is COc1ccc(N(C)C(=O)OC2CCc3c(sc4ncnc(Nc5ccc6[nH]c(=O)sc6c5)c34)C2)cc1. The van der Waals surface area contributed by atoms with Crippen LogP contribution in [0.25, 0.3) is 20.4 Å². The number of carbonyl (C=O) groups excluding carboxylic acids is 1. The molecule has 1 unspecified atom stereocenters. The van der Waals surface area contributed by atoms with Crippen LogP contribution in [0.2, 0.25) is 0 Å². The van der Waals surface area contributed by atoms with Crippen LogP contribution in [-0.2, 0) is 17.6 Å². The Morgan fingerprint density at radius 3 is 2.81 bits per heavy atom. The molecule has 0 saturated heterocycles. The van der Waals surface area contributed by atoms with Crippen LogP contribution in [0.3, 0.4) is 0 Å². The van der Waals surface area contributed by atoms with E-state index in [2.05, 4.69) is 20.3 Å². The number of methoxy groups -OCH3 is 1. The molecule has 1 aliphatic rings. The first-order valence-corrected chi connectivity index (χ1v) is 13.4. The number of aryl methyl sites for hydroxylation is 1. The van der Waals surface area contributed by atoms with E-state index >= 15 is 0 Å². The maximum absolute atomic E-state index is 12.8. The van der Waals surface area contributed by atoms with Crippen molar-refractivity contribution in [2.24, 2.45) is 0 Å². The van der Waals surface area contributed by atoms with Crippen molar-refractivity contribution in [3.05, 3.63) is 68.9 Å². The molecule has 1 aliphatic carbocycles. The van der Waals surface area contributed by atoms with Crippen molar-refractivity contribution < 1.29 is 14.3 Å². The van der Waals surface area contributed by atoms with Crippen LogP contribution in [0.1, 0.15) is 16.9 Å². The van der Waals surface area contributed by atoms with Crippen LogP contribution in [0.5, 0.6) is 5.75 Å². The van der Waals surface area contributed by atoms with Gasteiger partial charge in [0.25, 0.3) is 0 Å². The largest absolute Gasteiger partial charge is 0.497 e. The molecule has 2 N–H and O–H groups in total. The number of thiazole rings is 1. The van der Waals surface area contributed by atoms with Crippen LogP contribution in [0, 0.1) is 0 Å². The molecule has 2 aromatic carbocycles. The summed E-state index contributed by atoms with van der Waals surface area (Å²) in [7, 11) is 3.31. The summed E-state index contributed by atoms with van der Waals surface area (Å²) in [6.45, 7) is 0. The minimum absolute atomic E-state index is 0.0751. The normalized spacial score (nSPS) is 14.9. The maximum atomic E-state index is 12.8. The summed E-state index contributed by atoms with van der Waals surface area (Å²) in [5.74, 6) is 1.47. The summed E-state index contributed by atoms with van der Waals surface area (Å²) in [6, 6.07) is 13.0. The number of aromatic nitrogens is 3. The fraction of sp³-hybridized carbons (Fsp3) is 0.231. The first-order chi connectivity index (χ1) is 18.0. The van der Waals surface area contributed by atoms with Gasteiger partial charge in [0.05, 0.1) is 22.7 Å². The average molecular weight is 534 g/mol. The van der Waals surface area contributed by atoms with Gasteiger partial charge in [0.1, 0.15) is 28.8 Å². The summed E-state index contributed by atoms with van der Waals surface area (Å²) in [5, 5.41) is 4.42. The lowest BCUT2D eigenvalue weighted by Crippen LogP contribution is -2.33. The molecule has 37 heavy (non-hydrogen) atoms. The maximum Gasteiger partial charge on any atom is 0.414 e. The third-order valence-electron chi connectivity index (χ3n) is 6.48. The number of rotatable bonds is 5. The van der Waals surface area contributed by atoms with E-state index in [0.29, 0.717) is 6.42 Å². The van der Waals surface area contributed by atoms with Crippen LogP contribution < -0.4 is 19.8 Å². The number of anilines is 3. The van der Waals surface area contributed by atoms with Gasteiger partial charge in [-0.25, -0.2) is 14.8 Å². The van der Waals surface area contributed by atoms with E-state index < -0.39 is 0 Å². The minimum Gasteiger partial charge on any atom is -0.497 e. The molecule has 3 heterocycles. The third kappa shape index (κ3) is 4.51. The van der Waals surface area contributed by atoms with Crippen LogP contribution in [-0.4, -0.2) is 41.3 Å². The first kappa shape index (κ1) is 23.4. The number of hydrogen-bond donors (Lipinski definition) is 2. The average Bonchev–Trinajstić information content (AvgIpc) is 3.47. The Labute approximate surface area is 219 Å². The van der Waals surface area contributed by atoms with Gasteiger partial charge in [-0.05, 0) is 60.9 Å². The Hall–Kier alpha value is -3.96. The second kappa shape index (κ2) is 9.49. The highest BCUT2D eigenvalue weighted by atomic mass is 32.1. The first-order valence-electron chi connectivity index (χ1n) is 11.7. The smallest absolute Gasteiger partial charge is 0.414 e. The van der Waals surface area contributed by atoms with E-state index in [4.69, 9.17) is 9.47 Å². The molecule has 0 saturated carbocycles. The van der Waals surface area contributed by atoms with E-state index in [0.717, 1.165) is 61.1 Å². The van der Waals surface area contributed by atoms with Crippen molar-refractivity contribution in [3.8, 4) is 5.75 Å². The second-order valence-corrected chi connectivity index (χ2v) is 10.9. The van der Waals surface area contributed by atoms with Gasteiger partial charge in [-0.15, -0.1) is 11.3 Å². The van der Waals surface area contributed by atoms with E-state index in [1.165, 1.54) is 21.8 Å². The number of fused-ring (bicyclic) bond motifs is 4. The quantitative estimate of drug-likeness (QED) is 0.308. The molecule has 0 bridgehead atoms. The molecule has 188 valence electrons. The zero-order valence-corrected chi connectivity index (χ0v) is 21.7. The van der Waals surface area contributed by atoms with Crippen molar-refractivity contribution in [2.45, 2.75) is 25.4 Å². The van der Waals surface area contributed by atoms with Gasteiger partial charge in [-0.1, -0.05) is 11.3 Å². The highest BCUT2D eigenvalue weighted by molar-refractivity contribution is 7.19. The Morgan fingerprint density at radius 2 is 2.00 bits per heavy atom. The number of nitrogens with one attached hydrogen (secondary N) is 2. The Morgan fingerprint density at radius 1 is 1.16 bits per heavy atom. The molecule has 0 spiro atoms. The zero-order chi connectivity index (χ0) is 25.5. The number of ether oxygens (including phenoxy) is 2. The van der Waals surface area contributed by atoms with Gasteiger partial charge >= 0.3 is 11.0 Å². The molecule has 0 radical (unpaired) electrons. The lowest BCUT2D eigenvalue weighted by molar-refractivity contribution is 0.0974. The van der Waals surface area contributed by atoms with E-state index in [-0.39, 0.29) is 17.1 Å². The molecular formula is C26H23N5O4S2. The van der Waals surface area contributed by atoms with Crippen LogP contribution in [0.15, 0.2) is 53.6 Å². The van der Waals surface area contributed by atoms with E-state index in [1.54, 1.807) is 31.8 Å². The summed E-state index contributed by atoms with van der Waals surface area (Å²) in [5.41, 5.74) is 3.61. The van der Waals surface area contributed by atoms with E-state index in [1.807, 2.05) is 42.5 Å². The van der Waals surface area contributed by atoms with Gasteiger partial charge < -0.3 is 19.8 Å². The second-order valence-electron chi connectivity index (χ2n) is 8.76. The minimum atomic E-state index is -0.385. The van der Waals surface area contributed by atoms with Gasteiger partial charge in [-0.2, -0.15) is 0 Å². The molecule has 0 fully saturated rings. The van der Waals surface area contributed by atoms with Crippen molar-refractivity contribution >= 4 is 66.4 Å². The highest BCUT2D eigenvalue weighted by Gasteiger charge is 2.28. The fourth-order valence-electron chi connectivity index (χ4n) is 4.57. The number of benzene rings is 2.